The first-order valence-electron chi connectivity index (χ1n) is 4.51. The van der Waals surface area contributed by atoms with Gasteiger partial charge in [0.1, 0.15) is 18.2 Å². The second kappa shape index (κ2) is 6.16. The lowest BCUT2D eigenvalue weighted by molar-refractivity contribution is 0.362. The van der Waals surface area contributed by atoms with Gasteiger partial charge in [-0.1, -0.05) is 12.2 Å². The summed E-state index contributed by atoms with van der Waals surface area (Å²) in [7, 11) is 1.88. The van der Waals surface area contributed by atoms with Crippen LogP contribution in [-0.4, -0.2) is 20.2 Å². The molecule has 0 fully saturated rings. The van der Waals surface area contributed by atoms with E-state index in [0.717, 1.165) is 6.54 Å². The number of ether oxygens (including phenoxy) is 1. The van der Waals surface area contributed by atoms with Crippen LogP contribution in [0.15, 0.2) is 36.4 Å². The first-order valence-corrected chi connectivity index (χ1v) is 4.51. The zero-order valence-corrected chi connectivity index (χ0v) is 8.16. The van der Waals surface area contributed by atoms with Gasteiger partial charge < -0.3 is 10.1 Å². The second-order valence-corrected chi connectivity index (χ2v) is 2.79. The van der Waals surface area contributed by atoms with Gasteiger partial charge in [-0.05, 0) is 31.3 Å². The van der Waals surface area contributed by atoms with Crippen molar-refractivity contribution in [2.75, 3.05) is 20.2 Å². The molecule has 1 aromatic carbocycles. The molecule has 0 saturated carbocycles. The number of rotatable bonds is 5. The molecule has 2 nitrogen and oxygen atoms in total. The molecule has 0 unspecified atom stereocenters. The van der Waals surface area contributed by atoms with E-state index in [1.165, 1.54) is 12.1 Å². The monoisotopic (exact) mass is 195 g/mol. The fourth-order valence-corrected chi connectivity index (χ4v) is 0.944. The number of benzene rings is 1. The molecule has 0 radical (unpaired) electrons. The summed E-state index contributed by atoms with van der Waals surface area (Å²) in [5.74, 6) is 0.434. The van der Waals surface area contributed by atoms with Gasteiger partial charge >= 0.3 is 0 Å². The van der Waals surface area contributed by atoms with E-state index < -0.39 is 0 Å². The van der Waals surface area contributed by atoms with Crippen LogP contribution in [0.5, 0.6) is 5.75 Å². The Bertz CT molecular complexity index is 282. The highest BCUT2D eigenvalue weighted by Gasteiger charge is 1.91. The first-order chi connectivity index (χ1) is 6.83. The third-order valence-electron chi connectivity index (χ3n) is 1.65. The highest BCUT2D eigenvalue weighted by atomic mass is 19.1. The van der Waals surface area contributed by atoms with Gasteiger partial charge in [0.2, 0.25) is 0 Å². The summed E-state index contributed by atoms with van der Waals surface area (Å²) in [6, 6.07) is 5.99. The molecule has 0 spiro atoms. The molecule has 0 aliphatic rings. The Balaban J connectivity index is 2.28. The standard InChI is InChI=1S/C11H14FNO/c1-13-8-2-3-9-14-11-6-4-10(12)5-7-11/h2-7,13H,8-9H2,1H3/b3-2+. The topological polar surface area (TPSA) is 21.3 Å². The van der Waals surface area contributed by atoms with Crippen LogP contribution in [0, 0.1) is 5.82 Å². The maximum absolute atomic E-state index is 12.5. The number of likely N-dealkylation sites (N-methyl/N-ethyl adjacent to an activating group) is 1. The molecule has 0 aliphatic heterocycles. The fraction of sp³-hybridized carbons (Fsp3) is 0.273. The van der Waals surface area contributed by atoms with Crippen molar-refractivity contribution >= 4 is 0 Å². The van der Waals surface area contributed by atoms with E-state index in [9.17, 15) is 4.39 Å². The van der Waals surface area contributed by atoms with Crippen LogP contribution < -0.4 is 10.1 Å². The van der Waals surface area contributed by atoms with Gasteiger partial charge in [-0.15, -0.1) is 0 Å². The summed E-state index contributed by atoms with van der Waals surface area (Å²) >= 11 is 0. The Labute approximate surface area is 83.4 Å². The molecule has 0 saturated heterocycles. The van der Waals surface area contributed by atoms with Crippen LogP contribution in [0.1, 0.15) is 0 Å². The second-order valence-electron chi connectivity index (χ2n) is 2.79. The van der Waals surface area contributed by atoms with Crippen LogP contribution >= 0.6 is 0 Å². The van der Waals surface area contributed by atoms with Crippen LogP contribution in [-0.2, 0) is 0 Å². The molecule has 1 N–H and O–H groups in total. The quantitative estimate of drug-likeness (QED) is 0.725. The van der Waals surface area contributed by atoms with Crippen LogP contribution in [0.3, 0.4) is 0 Å². The van der Waals surface area contributed by atoms with Gasteiger partial charge in [0, 0.05) is 6.54 Å². The average Bonchev–Trinajstić information content (AvgIpc) is 2.21. The van der Waals surface area contributed by atoms with Crippen molar-refractivity contribution in [1.82, 2.24) is 5.32 Å². The van der Waals surface area contributed by atoms with Gasteiger partial charge in [-0.3, -0.25) is 0 Å². The highest BCUT2D eigenvalue weighted by Crippen LogP contribution is 2.10. The fourth-order valence-electron chi connectivity index (χ4n) is 0.944. The van der Waals surface area contributed by atoms with Crippen molar-refractivity contribution in [2.24, 2.45) is 0 Å². The van der Waals surface area contributed by atoms with E-state index >= 15 is 0 Å². The normalized spacial score (nSPS) is 10.7. The Hall–Kier alpha value is -1.35. The van der Waals surface area contributed by atoms with Gasteiger partial charge in [0.05, 0.1) is 0 Å². The summed E-state index contributed by atoms with van der Waals surface area (Å²) in [4.78, 5) is 0. The molecular formula is C11H14FNO. The van der Waals surface area contributed by atoms with E-state index in [1.807, 2.05) is 19.2 Å². The molecule has 1 aromatic rings. The predicted octanol–water partition coefficient (Wildman–Crippen LogP) is 1.98. The molecule has 0 bridgehead atoms. The number of hydrogen-bond acceptors (Lipinski definition) is 2. The third kappa shape index (κ3) is 4.05. The summed E-state index contributed by atoms with van der Waals surface area (Å²) < 4.78 is 17.8. The van der Waals surface area contributed by atoms with Crippen LogP contribution in [0.2, 0.25) is 0 Å². The Morgan fingerprint density at radius 2 is 2.00 bits per heavy atom. The first kappa shape index (κ1) is 10.7. The Morgan fingerprint density at radius 1 is 1.29 bits per heavy atom. The van der Waals surface area contributed by atoms with Crippen molar-refractivity contribution in [3.63, 3.8) is 0 Å². The molecule has 14 heavy (non-hydrogen) atoms. The van der Waals surface area contributed by atoms with Gasteiger partial charge in [-0.25, -0.2) is 4.39 Å². The minimum atomic E-state index is -0.247. The van der Waals surface area contributed by atoms with E-state index in [1.54, 1.807) is 12.1 Å². The predicted molar refractivity (Wildman–Crippen MR) is 55.0 cm³/mol. The summed E-state index contributed by atoms with van der Waals surface area (Å²) in [5, 5.41) is 2.98. The molecule has 0 atom stereocenters. The highest BCUT2D eigenvalue weighted by molar-refractivity contribution is 5.22. The molecule has 1 rings (SSSR count). The number of halogens is 1. The van der Waals surface area contributed by atoms with E-state index in [-0.39, 0.29) is 5.82 Å². The lowest BCUT2D eigenvalue weighted by Gasteiger charge is -2.01. The van der Waals surface area contributed by atoms with Crippen molar-refractivity contribution in [1.29, 1.82) is 0 Å². The average molecular weight is 195 g/mol. The molecule has 0 amide bonds. The van der Waals surface area contributed by atoms with Gasteiger partial charge in [0.25, 0.3) is 0 Å². The Kier molecular flexibility index (Phi) is 4.72. The van der Waals surface area contributed by atoms with E-state index in [2.05, 4.69) is 5.32 Å². The summed E-state index contributed by atoms with van der Waals surface area (Å²) in [6.07, 6.45) is 3.89. The van der Waals surface area contributed by atoms with Crippen LogP contribution in [0.25, 0.3) is 0 Å². The molecule has 0 heterocycles. The van der Waals surface area contributed by atoms with Crippen molar-refractivity contribution in [3.8, 4) is 5.75 Å². The third-order valence-corrected chi connectivity index (χ3v) is 1.65. The lowest BCUT2D eigenvalue weighted by Crippen LogP contribution is -2.04. The van der Waals surface area contributed by atoms with E-state index in [0.29, 0.717) is 12.4 Å². The SMILES string of the molecule is CNC/C=C/COc1ccc(F)cc1. The largest absolute Gasteiger partial charge is 0.490 e. The molecule has 0 aromatic heterocycles. The number of nitrogens with one attached hydrogen (secondary N) is 1. The van der Waals surface area contributed by atoms with Crippen molar-refractivity contribution in [2.45, 2.75) is 0 Å². The minimum absolute atomic E-state index is 0.247. The Morgan fingerprint density at radius 3 is 2.64 bits per heavy atom. The smallest absolute Gasteiger partial charge is 0.123 e. The number of hydrogen-bond donors (Lipinski definition) is 1. The molecule has 76 valence electrons. The molecule has 3 heteroatoms. The van der Waals surface area contributed by atoms with E-state index in [4.69, 9.17) is 4.74 Å². The zero-order valence-electron chi connectivity index (χ0n) is 8.16. The summed E-state index contributed by atoms with van der Waals surface area (Å²) in [5.41, 5.74) is 0. The van der Waals surface area contributed by atoms with Crippen molar-refractivity contribution < 1.29 is 9.13 Å². The van der Waals surface area contributed by atoms with Crippen LogP contribution in [0.4, 0.5) is 4.39 Å². The molecule has 0 aliphatic carbocycles. The van der Waals surface area contributed by atoms with Crippen molar-refractivity contribution in [3.05, 3.63) is 42.2 Å². The lowest BCUT2D eigenvalue weighted by atomic mass is 10.3. The zero-order chi connectivity index (χ0) is 10.2. The maximum Gasteiger partial charge on any atom is 0.123 e. The molecular weight excluding hydrogens is 181 g/mol. The summed E-state index contributed by atoms with van der Waals surface area (Å²) in [6.45, 7) is 1.33. The minimum Gasteiger partial charge on any atom is -0.490 e. The van der Waals surface area contributed by atoms with Gasteiger partial charge in [0.15, 0.2) is 0 Å². The van der Waals surface area contributed by atoms with Gasteiger partial charge in [-0.2, -0.15) is 0 Å². The maximum atomic E-state index is 12.5.